The molecule has 0 atom stereocenters. The monoisotopic (exact) mass is 381 g/mol. The van der Waals surface area contributed by atoms with Gasteiger partial charge in [0.15, 0.2) is 0 Å². The van der Waals surface area contributed by atoms with Crippen molar-refractivity contribution in [2.75, 3.05) is 36.4 Å². The lowest BCUT2D eigenvalue weighted by Crippen LogP contribution is -2.43. The van der Waals surface area contributed by atoms with Crippen molar-refractivity contribution in [2.24, 2.45) is 0 Å². The number of piperazine rings is 1. The van der Waals surface area contributed by atoms with Crippen LogP contribution in [0.2, 0.25) is 0 Å². The predicted octanol–water partition coefficient (Wildman–Crippen LogP) is 4.45. The molecule has 0 unspecified atom stereocenters. The molecule has 0 bridgehead atoms. The quantitative estimate of drug-likeness (QED) is 0.547. The van der Waals surface area contributed by atoms with Crippen LogP contribution in [-0.4, -0.2) is 36.1 Å². The standard InChI is InChI=1S/C24H23N5/c1-2-5-18(6-3-1)22-8-4-7-19-17-26-24(28-23(19)22)27-20-9-11-21(12-10-20)29-15-13-25-14-16-29/h1-12,17,25H,13-16H2,(H,26,27,28). The molecule has 0 spiro atoms. The van der Waals surface area contributed by atoms with Gasteiger partial charge in [0.25, 0.3) is 0 Å². The molecular formula is C24H23N5. The van der Waals surface area contributed by atoms with Crippen LogP contribution in [0.1, 0.15) is 0 Å². The third-order valence-electron chi connectivity index (χ3n) is 5.30. The van der Waals surface area contributed by atoms with Crippen molar-refractivity contribution in [2.45, 2.75) is 0 Å². The molecule has 1 fully saturated rings. The Morgan fingerprint density at radius 3 is 2.41 bits per heavy atom. The molecule has 1 saturated heterocycles. The second-order valence-electron chi connectivity index (χ2n) is 7.21. The van der Waals surface area contributed by atoms with Crippen LogP contribution in [0.5, 0.6) is 0 Å². The summed E-state index contributed by atoms with van der Waals surface area (Å²) in [7, 11) is 0. The van der Waals surface area contributed by atoms with Crippen LogP contribution in [0.25, 0.3) is 22.0 Å². The second-order valence-corrected chi connectivity index (χ2v) is 7.21. The molecule has 3 aromatic carbocycles. The fraction of sp³-hybridized carbons (Fsp3) is 0.167. The molecule has 0 aliphatic carbocycles. The Labute approximate surface area is 170 Å². The summed E-state index contributed by atoms with van der Waals surface area (Å²) < 4.78 is 0. The Morgan fingerprint density at radius 2 is 1.62 bits per heavy atom. The van der Waals surface area contributed by atoms with Crippen LogP contribution in [-0.2, 0) is 0 Å². The van der Waals surface area contributed by atoms with Gasteiger partial charge in [-0.05, 0) is 29.8 Å². The molecule has 1 aliphatic rings. The molecule has 144 valence electrons. The number of anilines is 3. The molecule has 1 aliphatic heterocycles. The number of hydrogen-bond acceptors (Lipinski definition) is 5. The van der Waals surface area contributed by atoms with Gasteiger partial charge in [-0.25, -0.2) is 9.97 Å². The van der Waals surface area contributed by atoms with Gasteiger partial charge in [0.2, 0.25) is 5.95 Å². The van der Waals surface area contributed by atoms with Crippen LogP contribution in [0.3, 0.4) is 0 Å². The molecule has 2 N–H and O–H groups in total. The normalized spacial score (nSPS) is 14.1. The molecule has 0 saturated carbocycles. The van der Waals surface area contributed by atoms with E-state index in [0.717, 1.165) is 53.9 Å². The minimum absolute atomic E-state index is 0.607. The summed E-state index contributed by atoms with van der Waals surface area (Å²) in [6.45, 7) is 4.16. The largest absolute Gasteiger partial charge is 0.369 e. The summed E-state index contributed by atoms with van der Waals surface area (Å²) in [5.74, 6) is 0.607. The van der Waals surface area contributed by atoms with Crippen LogP contribution in [0.4, 0.5) is 17.3 Å². The summed E-state index contributed by atoms with van der Waals surface area (Å²) in [5.41, 5.74) is 5.46. The molecule has 5 heteroatoms. The van der Waals surface area contributed by atoms with Crippen molar-refractivity contribution in [3.63, 3.8) is 0 Å². The molecular weight excluding hydrogens is 358 g/mol. The van der Waals surface area contributed by atoms with Gasteiger partial charge in [-0.3, -0.25) is 0 Å². The number of rotatable bonds is 4. The average Bonchev–Trinajstić information content (AvgIpc) is 2.80. The Hall–Kier alpha value is -3.44. The SMILES string of the molecule is c1ccc(-c2cccc3cnc(Nc4ccc(N5CCNCC5)cc4)nc23)cc1. The first-order valence-corrected chi connectivity index (χ1v) is 10.0. The third kappa shape index (κ3) is 3.77. The summed E-state index contributed by atoms with van der Waals surface area (Å²) in [4.78, 5) is 11.7. The molecule has 0 amide bonds. The Morgan fingerprint density at radius 1 is 0.828 bits per heavy atom. The highest BCUT2D eigenvalue weighted by Crippen LogP contribution is 2.28. The third-order valence-corrected chi connectivity index (χ3v) is 5.30. The van der Waals surface area contributed by atoms with Gasteiger partial charge in [0, 0.05) is 54.7 Å². The average molecular weight is 381 g/mol. The number of para-hydroxylation sites is 1. The smallest absolute Gasteiger partial charge is 0.227 e. The Kier molecular flexibility index (Phi) is 4.80. The second kappa shape index (κ2) is 7.89. The van der Waals surface area contributed by atoms with E-state index in [9.17, 15) is 0 Å². The highest BCUT2D eigenvalue weighted by Gasteiger charge is 2.11. The number of nitrogens with zero attached hydrogens (tertiary/aromatic N) is 3. The first-order valence-electron chi connectivity index (χ1n) is 10.0. The fourth-order valence-electron chi connectivity index (χ4n) is 3.77. The maximum atomic E-state index is 4.82. The van der Waals surface area contributed by atoms with E-state index < -0.39 is 0 Å². The number of benzene rings is 3. The highest BCUT2D eigenvalue weighted by molar-refractivity contribution is 5.93. The lowest BCUT2D eigenvalue weighted by Gasteiger charge is -2.29. The van der Waals surface area contributed by atoms with Gasteiger partial charge in [-0.2, -0.15) is 0 Å². The minimum atomic E-state index is 0.607. The van der Waals surface area contributed by atoms with Crippen molar-refractivity contribution in [1.29, 1.82) is 0 Å². The molecule has 1 aromatic heterocycles. The summed E-state index contributed by atoms with van der Waals surface area (Å²) in [6, 6.07) is 25.1. The van der Waals surface area contributed by atoms with Gasteiger partial charge >= 0.3 is 0 Å². The first-order chi connectivity index (χ1) is 14.4. The maximum Gasteiger partial charge on any atom is 0.227 e. The van der Waals surface area contributed by atoms with E-state index in [0.29, 0.717) is 5.95 Å². The van der Waals surface area contributed by atoms with Crippen LogP contribution in [0.15, 0.2) is 79.0 Å². The van der Waals surface area contributed by atoms with Crippen LogP contribution < -0.4 is 15.5 Å². The van der Waals surface area contributed by atoms with Crippen LogP contribution >= 0.6 is 0 Å². The number of hydrogen-bond donors (Lipinski definition) is 2. The number of aromatic nitrogens is 2. The topological polar surface area (TPSA) is 53.1 Å². The lowest BCUT2D eigenvalue weighted by molar-refractivity contribution is 0.589. The van der Waals surface area contributed by atoms with Crippen molar-refractivity contribution in [1.82, 2.24) is 15.3 Å². The van der Waals surface area contributed by atoms with Crippen molar-refractivity contribution in [3.8, 4) is 11.1 Å². The zero-order valence-corrected chi connectivity index (χ0v) is 16.2. The molecule has 0 radical (unpaired) electrons. The van der Waals surface area contributed by atoms with Crippen molar-refractivity contribution >= 4 is 28.2 Å². The zero-order valence-electron chi connectivity index (χ0n) is 16.2. The van der Waals surface area contributed by atoms with E-state index in [1.165, 1.54) is 5.69 Å². The highest BCUT2D eigenvalue weighted by atomic mass is 15.2. The van der Waals surface area contributed by atoms with Gasteiger partial charge in [0.1, 0.15) is 0 Å². The summed E-state index contributed by atoms with van der Waals surface area (Å²) >= 11 is 0. The molecule has 2 heterocycles. The number of nitrogens with one attached hydrogen (secondary N) is 2. The Balaban J connectivity index is 1.42. The molecule has 5 rings (SSSR count). The summed E-state index contributed by atoms with van der Waals surface area (Å²) in [5, 5.41) is 7.77. The molecule has 29 heavy (non-hydrogen) atoms. The van der Waals surface area contributed by atoms with E-state index >= 15 is 0 Å². The van der Waals surface area contributed by atoms with E-state index in [1.54, 1.807) is 0 Å². The van der Waals surface area contributed by atoms with E-state index in [1.807, 2.05) is 18.3 Å². The summed E-state index contributed by atoms with van der Waals surface area (Å²) in [6.07, 6.45) is 1.88. The Bertz CT molecular complexity index is 1100. The van der Waals surface area contributed by atoms with E-state index in [2.05, 4.69) is 81.2 Å². The van der Waals surface area contributed by atoms with E-state index in [4.69, 9.17) is 4.98 Å². The van der Waals surface area contributed by atoms with E-state index in [-0.39, 0.29) is 0 Å². The minimum Gasteiger partial charge on any atom is -0.369 e. The zero-order chi connectivity index (χ0) is 19.5. The predicted molar refractivity (Wildman–Crippen MR) is 120 cm³/mol. The van der Waals surface area contributed by atoms with Crippen molar-refractivity contribution < 1.29 is 0 Å². The van der Waals surface area contributed by atoms with Crippen molar-refractivity contribution in [3.05, 3.63) is 79.0 Å². The molecule has 4 aromatic rings. The fourth-order valence-corrected chi connectivity index (χ4v) is 3.77. The van der Waals surface area contributed by atoms with Gasteiger partial charge in [-0.1, -0.05) is 48.5 Å². The number of fused-ring (bicyclic) bond motifs is 1. The molecule has 5 nitrogen and oxygen atoms in total. The first kappa shape index (κ1) is 17.6. The van der Waals surface area contributed by atoms with Crippen LogP contribution in [0, 0.1) is 0 Å². The maximum absolute atomic E-state index is 4.82. The van der Waals surface area contributed by atoms with Gasteiger partial charge < -0.3 is 15.5 Å². The lowest BCUT2D eigenvalue weighted by atomic mass is 10.0. The van der Waals surface area contributed by atoms with Gasteiger partial charge in [-0.15, -0.1) is 0 Å². The van der Waals surface area contributed by atoms with Gasteiger partial charge in [0.05, 0.1) is 5.52 Å².